The van der Waals surface area contributed by atoms with Crippen molar-refractivity contribution >= 4 is 26.0 Å². The second-order valence-electron chi connectivity index (χ2n) is 4.10. The van der Waals surface area contributed by atoms with Crippen LogP contribution in [0.25, 0.3) is 0 Å². The summed E-state index contributed by atoms with van der Waals surface area (Å²) in [5.41, 5.74) is 0. The lowest BCUT2D eigenvalue weighted by Crippen LogP contribution is -2.37. The highest BCUT2D eigenvalue weighted by Crippen LogP contribution is 2.19. The first-order valence-corrected chi connectivity index (χ1v) is 7.64. The van der Waals surface area contributed by atoms with Crippen molar-refractivity contribution in [2.24, 2.45) is 13.0 Å². The number of nitrogens with zero attached hydrogens (tertiary/aromatic N) is 3. The smallest absolute Gasteiger partial charge is 0.235 e. The Bertz CT molecular complexity index is 466. The number of hydrogen-bond donors (Lipinski definition) is 1. The van der Waals surface area contributed by atoms with Gasteiger partial charge in [0.15, 0.2) is 4.60 Å². The van der Waals surface area contributed by atoms with Gasteiger partial charge >= 0.3 is 0 Å². The Hall–Kier alpha value is -0.470. The third kappa shape index (κ3) is 3.26. The SMILES string of the molecule is CCC(C)C(C)NS(=O)(=O)c1c(Br)nnn1C. The Morgan fingerprint density at radius 1 is 1.47 bits per heavy atom. The van der Waals surface area contributed by atoms with E-state index in [0.717, 1.165) is 6.42 Å². The van der Waals surface area contributed by atoms with Gasteiger partial charge in [-0.05, 0) is 28.8 Å². The quantitative estimate of drug-likeness (QED) is 0.885. The summed E-state index contributed by atoms with van der Waals surface area (Å²) in [6.45, 7) is 5.88. The molecule has 0 aliphatic carbocycles. The van der Waals surface area contributed by atoms with Crippen LogP contribution in [0.4, 0.5) is 0 Å². The van der Waals surface area contributed by atoms with E-state index in [1.807, 2.05) is 20.8 Å². The van der Waals surface area contributed by atoms with Gasteiger partial charge in [-0.15, -0.1) is 5.10 Å². The first kappa shape index (κ1) is 14.6. The normalized spacial score (nSPS) is 15.8. The number of aryl methyl sites for hydroxylation is 1. The van der Waals surface area contributed by atoms with Crippen LogP contribution in [0.3, 0.4) is 0 Å². The van der Waals surface area contributed by atoms with Gasteiger partial charge in [0.1, 0.15) is 0 Å². The van der Waals surface area contributed by atoms with Crippen molar-refractivity contribution in [1.82, 2.24) is 19.7 Å². The molecule has 1 heterocycles. The molecule has 8 heteroatoms. The van der Waals surface area contributed by atoms with Crippen LogP contribution < -0.4 is 4.72 Å². The summed E-state index contributed by atoms with van der Waals surface area (Å²) in [5.74, 6) is 0.268. The molecular weight excluding hydrogens is 308 g/mol. The van der Waals surface area contributed by atoms with Crippen LogP contribution in [0.5, 0.6) is 0 Å². The lowest BCUT2D eigenvalue weighted by Gasteiger charge is -2.19. The maximum Gasteiger partial charge on any atom is 0.260 e. The number of rotatable bonds is 5. The molecule has 2 atom stereocenters. The second-order valence-corrected chi connectivity index (χ2v) is 6.48. The highest BCUT2D eigenvalue weighted by atomic mass is 79.9. The molecule has 0 amide bonds. The molecule has 0 aliphatic heterocycles. The zero-order valence-electron chi connectivity index (χ0n) is 10.3. The molecule has 1 aromatic rings. The standard InChI is InChI=1S/C9H17BrN4O2S/c1-5-6(2)7(3)12-17(15,16)9-8(10)11-13-14(9)4/h6-7,12H,5H2,1-4H3. The molecule has 1 N–H and O–H groups in total. The minimum atomic E-state index is -3.59. The van der Waals surface area contributed by atoms with Gasteiger partial charge in [-0.2, -0.15) is 0 Å². The Balaban J connectivity index is 2.98. The molecule has 0 radical (unpaired) electrons. The maximum absolute atomic E-state index is 12.1. The van der Waals surface area contributed by atoms with Gasteiger partial charge in [0.25, 0.3) is 10.0 Å². The minimum Gasteiger partial charge on any atom is -0.235 e. The van der Waals surface area contributed by atoms with E-state index < -0.39 is 10.0 Å². The van der Waals surface area contributed by atoms with Gasteiger partial charge in [0.05, 0.1) is 0 Å². The Morgan fingerprint density at radius 3 is 2.47 bits per heavy atom. The van der Waals surface area contributed by atoms with E-state index in [4.69, 9.17) is 0 Å². The van der Waals surface area contributed by atoms with Gasteiger partial charge in [0, 0.05) is 13.1 Å². The van der Waals surface area contributed by atoms with Gasteiger partial charge in [0.2, 0.25) is 5.03 Å². The molecule has 0 spiro atoms. The van der Waals surface area contributed by atoms with Crippen molar-refractivity contribution in [3.8, 4) is 0 Å². The van der Waals surface area contributed by atoms with E-state index in [0.29, 0.717) is 0 Å². The number of hydrogen-bond acceptors (Lipinski definition) is 4. The molecule has 6 nitrogen and oxygen atoms in total. The molecule has 2 unspecified atom stereocenters. The van der Waals surface area contributed by atoms with Gasteiger partial charge in [-0.25, -0.2) is 17.8 Å². The average Bonchev–Trinajstić information content (AvgIpc) is 2.57. The number of aromatic nitrogens is 3. The molecule has 98 valence electrons. The molecule has 0 bridgehead atoms. The third-order valence-corrected chi connectivity index (χ3v) is 5.28. The van der Waals surface area contributed by atoms with E-state index in [2.05, 4.69) is 31.0 Å². The molecule has 0 saturated heterocycles. The lowest BCUT2D eigenvalue weighted by atomic mass is 10.0. The summed E-state index contributed by atoms with van der Waals surface area (Å²) in [7, 11) is -2.05. The van der Waals surface area contributed by atoms with Crippen LogP contribution >= 0.6 is 15.9 Å². The lowest BCUT2D eigenvalue weighted by molar-refractivity contribution is 0.431. The third-order valence-electron chi connectivity index (χ3n) is 2.83. The van der Waals surface area contributed by atoms with Crippen LogP contribution in [0.2, 0.25) is 0 Å². The molecule has 1 aromatic heterocycles. The summed E-state index contributed by atoms with van der Waals surface area (Å²) >= 11 is 3.08. The van der Waals surface area contributed by atoms with E-state index >= 15 is 0 Å². The van der Waals surface area contributed by atoms with Crippen LogP contribution in [-0.2, 0) is 17.1 Å². The van der Waals surface area contributed by atoms with Gasteiger partial charge in [-0.1, -0.05) is 25.5 Å². The van der Waals surface area contributed by atoms with Gasteiger partial charge < -0.3 is 0 Å². The van der Waals surface area contributed by atoms with Crippen LogP contribution in [0.1, 0.15) is 27.2 Å². The van der Waals surface area contributed by atoms with E-state index in [1.54, 1.807) is 7.05 Å². The Labute approximate surface area is 110 Å². The zero-order valence-corrected chi connectivity index (χ0v) is 12.7. The summed E-state index contributed by atoms with van der Waals surface area (Å²) in [6.07, 6.45) is 0.911. The number of nitrogens with one attached hydrogen (secondary N) is 1. The van der Waals surface area contributed by atoms with Crippen molar-refractivity contribution in [1.29, 1.82) is 0 Å². The largest absolute Gasteiger partial charge is 0.260 e. The maximum atomic E-state index is 12.1. The molecule has 0 aromatic carbocycles. The summed E-state index contributed by atoms with van der Waals surface area (Å²) < 4.78 is 28.3. The molecule has 0 saturated carbocycles. The molecule has 0 fully saturated rings. The summed E-state index contributed by atoms with van der Waals surface area (Å²) in [6, 6.07) is -0.133. The van der Waals surface area contributed by atoms with Gasteiger partial charge in [-0.3, -0.25) is 0 Å². The van der Waals surface area contributed by atoms with Crippen LogP contribution in [0, 0.1) is 5.92 Å². The Morgan fingerprint density at radius 2 is 2.06 bits per heavy atom. The second kappa shape index (κ2) is 5.45. The van der Waals surface area contributed by atoms with E-state index in [9.17, 15) is 8.42 Å². The fourth-order valence-corrected chi connectivity index (χ4v) is 3.83. The summed E-state index contributed by atoms with van der Waals surface area (Å²) in [4.78, 5) is 0. The van der Waals surface area contributed by atoms with Crippen LogP contribution in [0.15, 0.2) is 9.63 Å². The number of halogens is 1. The van der Waals surface area contributed by atoms with Crippen LogP contribution in [-0.4, -0.2) is 29.5 Å². The zero-order chi connectivity index (χ0) is 13.2. The van der Waals surface area contributed by atoms with Crippen molar-refractivity contribution in [2.45, 2.75) is 38.3 Å². The predicted molar refractivity (Wildman–Crippen MR) is 67.9 cm³/mol. The number of sulfonamides is 1. The molecular formula is C9H17BrN4O2S. The average molecular weight is 325 g/mol. The summed E-state index contributed by atoms with van der Waals surface area (Å²) in [5, 5.41) is 7.37. The fraction of sp³-hybridized carbons (Fsp3) is 0.778. The van der Waals surface area contributed by atoms with Crippen molar-refractivity contribution in [2.75, 3.05) is 0 Å². The molecule has 0 aliphatic rings. The topological polar surface area (TPSA) is 76.9 Å². The fourth-order valence-electron chi connectivity index (χ4n) is 1.38. The Kier molecular flexibility index (Phi) is 4.68. The predicted octanol–water partition coefficient (Wildman–Crippen LogP) is 1.29. The first-order chi connectivity index (χ1) is 7.79. The molecule has 1 rings (SSSR count). The van der Waals surface area contributed by atoms with E-state index in [1.165, 1.54) is 4.68 Å². The van der Waals surface area contributed by atoms with Crippen molar-refractivity contribution in [3.05, 3.63) is 4.60 Å². The molecule has 17 heavy (non-hydrogen) atoms. The highest BCUT2D eigenvalue weighted by Gasteiger charge is 2.26. The first-order valence-electron chi connectivity index (χ1n) is 5.37. The monoisotopic (exact) mass is 324 g/mol. The minimum absolute atomic E-state index is 0.0488. The van der Waals surface area contributed by atoms with Crippen molar-refractivity contribution in [3.63, 3.8) is 0 Å². The van der Waals surface area contributed by atoms with E-state index in [-0.39, 0.29) is 21.6 Å². The highest BCUT2D eigenvalue weighted by molar-refractivity contribution is 9.10. The van der Waals surface area contributed by atoms with Crippen molar-refractivity contribution < 1.29 is 8.42 Å².